The van der Waals surface area contributed by atoms with E-state index >= 15 is 0 Å². The fraction of sp³-hybridized carbons (Fsp3) is 0.118. The van der Waals surface area contributed by atoms with Gasteiger partial charge in [-0.3, -0.25) is 9.59 Å². The third-order valence-corrected chi connectivity index (χ3v) is 3.91. The van der Waals surface area contributed by atoms with Gasteiger partial charge in [-0.15, -0.1) is 0 Å². The Morgan fingerprint density at radius 3 is 2.67 bits per heavy atom. The van der Waals surface area contributed by atoms with Gasteiger partial charge in [-0.1, -0.05) is 28.1 Å². The zero-order chi connectivity index (χ0) is 17.7. The summed E-state index contributed by atoms with van der Waals surface area (Å²) < 4.78 is 0.751. The fourth-order valence-electron chi connectivity index (χ4n) is 1.91. The molecule has 6 nitrogen and oxygen atoms in total. The molecule has 0 heterocycles. The maximum Gasteiger partial charge on any atom is 0.329 e. The molecule has 0 spiro atoms. The highest BCUT2D eigenvalue weighted by Crippen LogP contribution is 2.20. The molecule has 0 atom stereocenters. The summed E-state index contributed by atoms with van der Waals surface area (Å²) in [5.74, 6) is -1.71. The number of anilines is 1. The Hall–Kier alpha value is -2.67. The van der Waals surface area contributed by atoms with Crippen molar-refractivity contribution in [2.24, 2.45) is 5.10 Å². The quantitative estimate of drug-likeness (QED) is 0.428. The number of benzene rings is 2. The molecule has 2 aromatic carbocycles. The van der Waals surface area contributed by atoms with Gasteiger partial charge >= 0.3 is 11.8 Å². The Balaban J connectivity index is 1.99. The predicted octanol–water partition coefficient (Wildman–Crippen LogP) is 2.86. The zero-order valence-corrected chi connectivity index (χ0v) is 14.7. The summed E-state index contributed by atoms with van der Waals surface area (Å²) >= 11 is 3.27. The summed E-state index contributed by atoms with van der Waals surface area (Å²) in [5, 5.41) is 15.9. The molecule has 0 saturated carbocycles. The first-order valence-electron chi connectivity index (χ1n) is 7.07. The van der Waals surface area contributed by atoms with Crippen LogP contribution < -0.4 is 10.7 Å². The van der Waals surface area contributed by atoms with Gasteiger partial charge in [0.05, 0.1) is 6.21 Å². The van der Waals surface area contributed by atoms with Crippen LogP contribution in [0, 0.1) is 13.8 Å². The number of hydrazone groups is 1. The molecule has 0 radical (unpaired) electrons. The molecule has 2 amide bonds. The standard InChI is InChI=1S/C17H16BrN3O3/c1-10-4-3-5-14(11(10)2)20-16(23)17(24)21-19-9-12-8-13(18)6-7-15(12)22/h3-9,22H,1-2H3,(H,20,23)(H,21,24)/b19-9-. The number of carbonyl (C=O) groups is 2. The van der Waals surface area contributed by atoms with Gasteiger partial charge in [-0.2, -0.15) is 5.10 Å². The first-order chi connectivity index (χ1) is 11.4. The number of halogens is 1. The Bertz CT molecular complexity index is 819. The summed E-state index contributed by atoms with van der Waals surface area (Å²) in [5.41, 5.74) is 5.00. The molecule has 0 saturated heterocycles. The molecule has 0 fully saturated rings. The van der Waals surface area contributed by atoms with E-state index in [4.69, 9.17) is 0 Å². The van der Waals surface area contributed by atoms with E-state index in [9.17, 15) is 14.7 Å². The van der Waals surface area contributed by atoms with Crippen molar-refractivity contribution in [3.8, 4) is 5.75 Å². The third-order valence-electron chi connectivity index (χ3n) is 3.42. The number of hydrogen-bond acceptors (Lipinski definition) is 4. The predicted molar refractivity (Wildman–Crippen MR) is 96.1 cm³/mol. The van der Waals surface area contributed by atoms with Crippen molar-refractivity contribution in [2.75, 3.05) is 5.32 Å². The molecule has 24 heavy (non-hydrogen) atoms. The maximum absolute atomic E-state index is 11.9. The maximum atomic E-state index is 11.9. The zero-order valence-electron chi connectivity index (χ0n) is 13.1. The summed E-state index contributed by atoms with van der Waals surface area (Å²) in [6, 6.07) is 10.2. The fourth-order valence-corrected chi connectivity index (χ4v) is 2.28. The topological polar surface area (TPSA) is 90.8 Å². The number of nitrogens with zero attached hydrogens (tertiary/aromatic N) is 1. The second-order valence-corrected chi connectivity index (χ2v) is 6.02. The normalized spacial score (nSPS) is 10.6. The minimum Gasteiger partial charge on any atom is -0.507 e. The first-order valence-corrected chi connectivity index (χ1v) is 7.87. The van der Waals surface area contributed by atoms with Crippen LogP contribution >= 0.6 is 15.9 Å². The van der Waals surface area contributed by atoms with Crippen LogP contribution in [0.25, 0.3) is 0 Å². The van der Waals surface area contributed by atoms with E-state index < -0.39 is 11.8 Å². The van der Waals surface area contributed by atoms with E-state index in [1.807, 2.05) is 19.9 Å². The summed E-state index contributed by atoms with van der Waals surface area (Å²) in [6.07, 6.45) is 1.25. The second kappa shape index (κ2) is 7.74. The number of hydrogen-bond donors (Lipinski definition) is 3. The molecule has 7 heteroatoms. The van der Waals surface area contributed by atoms with Crippen LogP contribution in [0.4, 0.5) is 5.69 Å². The van der Waals surface area contributed by atoms with Gasteiger partial charge in [-0.05, 0) is 49.2 Å². The monoisotopic (exact) mass is 389 g/mol. The Labute approximate surface area is 147 Å². The molecule has 2 aromatic rings. The Morgan fingerprint density at radius 1 is 1.17 bits per heavy atom. The molecule has 2 rings (SSSR count). The van der Waals surface area contributed by atoms with Crippen molar-refractivity contribution in [3.05, 3.63) is 57.6 Å². The van der Waals surface area contributed by atoms with Gasteiger partial charge in [0.2, 0.25) is 0 Å². The minimum absolute atomic E-state index is 0.0102. The van der Waals surface area contributed by atoms with Gasteiger partial charge in [0.1, 0.15) is 5.75 Å². The largest absolute Gasteiger partial charge is 0.507 e. The lowest BCUT2D eigenvalue weighted by molar-refractivity contribution is -0.136. The molecule has 124 valence electrons. The Morgan fingerprint density at radius 2 is 1.92 bits per heavy atom. The van der Waals surface area contributed by atoms with Crippen LogP contribution in [0.1, 0.15) is 16.7 Å². The van der Waals surface area contributed by atoms with Crippen LogP contribution in [0.5, 0.6) is 5.75 Å². The van der Waals surface area contributed by atoms with Gasteiger partial charge in [-0.25, -0.2) is 5.43 Å². The Kier molecular flexibility index (Phi) is 5.70. The van der Waals surface area contributed by atoms with E-state index in [1.165, 1.54) is 12.3 Å². The van der Waals surface area contributed by atoms with Crippen molar-refractivity contribution in [2.45, 2.75) is 13.8 Å². The smallest absolute Gasteiger partial charge is 0.329 e. The number of nitrogens with one attached hydrogen (secondary N) is 2. The van der Waals surface area contributed by atoms with Gasteiger partial charge < -0.3 is 10.4 Å². The molecule has 0 aliphatic carbocycles. The summed E-state index contributed by atoms with van der Waals surface area (Å²) in [6.45, 7) is 3.77. The van der Waals surface area contributed by atoms with Crippen molar-refractivity contribution >= 4 is 39.6 Å². The molecular formula is C17H16BrN3O3. The lowest BCUT2D eigenvalue weighted by Gasteiger charge is -2.09. The third kappa shape index (κ3) is 4.42. The molecule has 0 aliphatic heterocycles. The van der Waals surface area contributed by atoms with Crippen molar-refractivity contribution < 1.29 is 14.7 Å². The van der Waals surface area contributed by atoms with E-state index in [-0.39, 0.29) is 5.75 Å². The van der Waals surface area contributed by atoms with Gasteiger partial charge in [0.15, 0.2) is 0 Å². The van der Waals surface area contributed by atoms with Crippen molar-refractivity contribution in [1.29, 1.82) is 0 Å². The molecule has 0 aliphatic rings. The van der Waals surface area contributed by atoms with Crippen LogP contribution in [-0.2, 0) is 9.59 Å². The van der Waals surface area contributed by atoms with Crippen LogP contribution in [0.15, 0.2) is 46.0 Å². The number of phenolic OH excluding ortho intramolecular Hbond substituents is 1. The highest BCUT2D eigenvalue weighted by atomic mass is 79.9. The lowest BCUT2D eigenvalue weighted by atomic mass is 10.1. The van der Waals surface area contributed by atoms with E-state index in [2.05, 4.69) is 31.8 Å². The lowest BCUT2D eigenvalue weighted by Crippen LogP contribution is -2.32. The summed E-state index contributed by atoms with van der Waals surface area (Å²) in [7, 11) is 0. The van der Waals surface area contributed by atoms with Crippen molar-refractivity contribution in [1.82, 2.24) is 5.43 Å². The molecular weight excluding hydrogens is 374 g/mol. The first kappa shape index (κ1) is 17.7. The van der Waals surface area contributed by atoms with Crippen LogP contribution in [0.2, 0.25) is 0 Å². The average molecular weight is 390 g/mol. The van der Waals surface area contributed by atoms with Crippen LogP contribution in [-0.4, -0.2) is 23.1 Å². The van der Waals surface area contributed by atoms with Gasteiger partial charge in [0, 0.05) is 15.7 Å². The minimum atomic E-state index is -0.901. The number of amides is 2. The SMILES string of the molecule is Cc1cccc(NC(=O)C(=O)N/N=C\c2cc(Br)ccc2O)c1C. The van der Waals surface area contributed by atoms with E-state index in [1.54, 1.807) is 24.3 Å². The second-order valence-electron chi connectivity index (χ2n) is 5.10. The number of rotatable bonds is 3. The molecule has 3 N–H and O–H groups in total. The molecule has 0 aromatic heterocycles. The van der Waals surface area contributed by atoms with E-state index in [0.717, 1.165) is 15.6 Å². The van der Waals surface area contributed by atoms with Gasteiger partial charge in [0.25, 0.3) is 0 Å². The number of aromatic hydroxyl groups is 1. The average Bonchev–Trinajstić information content (AvgIpc) is 2.54. The molecule has 0 bridgehead atoms. The number of aryl methyl sites for hydroxylation is 1. The highest BCUT2D eigenvalue weighted by molar-refractivity contribution is 9.10. The van der Waals surface area contributed by atoms with E-state index in [0.29, 0.717) is 11.3 Å². The molecule has 0 unspecified atom stereocenters. The number of carbonyl (C=O) groups excluding carboxylic acids is 2. The summed E-state index contributed by atoms with van der Waals surface area (Å²) in [4.78, 5) is 23.7. The van der Waals surface area contributed by atoms with Crippen LogP contribution in [0.3, 0.4) is 0 Å². The van der Waals surface area contributed by atoms with Crippen molar-refractivity contribution in [3.63, 3.8) is 0 Å². The number of phenols is 1. The highest BCUT2D eigenvalue weighted by Gasteiger charge is 2.14.